The molecule has 0 aliphatic carbocycles. The molecule has 0 spiro atoms. The molecule has 2 heterocycles. The van der Waals surface area contributed by atoms with Gasteiger partial charge in [0.1, 0.15) is 16.9 Å². The number of methoxy groups -OCH3 is 1. The van der Waals surface area contributed by atoms with E-state index in [9.17, 15) is 9.59 Å². The average molecular weight is 420 g/mol. The SMILES string of the molecule is COc1ccc(CN2C(=O)c3ccccc3C2SCC(=O)Nc2ccccn2)cc1. The third-order valence-electron chi connectivity index (χ3n) is 4.82. The first kappa shape index (κ1) is 20.0. The molecule has 0 saturated carbocycles. The van der Waals surface area contributed by atoms with Crippen molar-refractivity contribution in [2.75, 3.05) is 18.2 Å². The minimum absolute atomic E-state index is 0.0240. The number of nitrogens with one attached hydrogen (secondary N) is 1. The second-order valence-corrected chi connectivity index (χ2v) is 7.86. The first-order valence-corrected chi connectivity index (χ1v) is 10.6. The first-order chi connectivity index (χ1) is 14.7. The third-order valence-corrected chi connectivity index (χ3v) is 6.07. The number of fused-ring (bicyclic) bond motifs is 1. The minimum atomic E-state index is -0.231. The Kier molecular flexibility index (Phi) is 5.99. The van der Waals surface area contributed by atoms with Gasteiger partial charge in [-0.15, -0.1) is 11.8 Å². The van der Waals surface area contributed by atoms with Crippen molar-refractivity contribution in [1.82, 2.24) is 9.88 Å². The normalized spacial score (nSPS) is 15.0. The fraction of sp³-hybridized carbons (Fsp3) is 0.174. The number of benzene rings is 2. The predicted octanol–water partition coefficient (Wildman–Crippen LogP) is 4.12. The average Bonchev–Trinajstić information content (AvgIpc) is 3.05. The van der Waals surface area contributed by atoms with E-state index in [1.165, 1.54) is 11.8 Å². The third kappa shape index (κ3) is 4.31. The van der Waals surface area contributed by atoms with Gasteiger partial charge in [0.25, 0.3) is 5.91 Å². The summed E-state index contributed by atoms with van der Waals surface area (Å²) < 4.78 is 5.21. The van der Waals surface area contributed by atoms with Crippen LogP contribution in [0.5, 0.6) is 5.75 Å². The van der Waals surface area contributed by atoms with Crippen LogP contribution in [0.15, 0.2) is 72.9 Å². The van der Waals surface area contributed by atoms with E-state index < -0.39 is 0 Å². The molecule has 1 atom stereocenters. The monoisotopic (exact) mass is 419 g/mol. The summed E-state index contributed by atoms with van der Waals surface area (Å²) in [6.45, 7) is 0.455. The molecule has 6 nitrogen and oxygen atoms in total. The van der Waals surface area contributed by atoms with Crippen molar-refractivity contribution in [3.8, 4) is 5.75 Å². The number of hydrogen-bond acceptors (Lipinski definition) is 5. The number of pyridine rings is 1. The van der Waals surface area contributed by atoms with Crippen LogP contribution in [0.25, 0.3) is 0 Å². The number of thioether (sulfide) groups is 1. The Morgan fingerprint density at radius 1 is 1.10 bits per heavy atom. The lowest BCUT2D eigenvalue weighted by Gasteiger charge is -2.25. The van der Waals surface area contributed by atoms with E-state index in [-0.39, 0.29) is 22.9 Å². The second-order valence-electron chi connectivity index (χ2n) is 6.79. The van der Waals surface area contributed by atoms with Crippen LogP contribution in [0.1, 0.15) is 26.9 Å². The van der Waals surface area contributed by atoms with Gasteiger partial charge in [-0.25, -0.2) is 4.98 Å². The minimum Gasteiger partial charge on any atom is -0.497 e. The Labute approximate surface area is 179 Å². The first-order valence-electron chi connectivity index (χ1n) is 9.51. The Bertz CT molecular complexity index is 1040. The molecule has 0 bridgehead atoms. The summed E-state index contributed by atoms with van der Waals surface area (Å²) in [7, 11) is 1.62. The standard InChI is InChI=1S/C23H21N3O3S/c1-29-17-11-9-16(10-12-17)14-26-22(28)18-6-2-3-7-19(18)23(26)30-15-21(27)25-20-8-4-5-13-24-20/h2-13,23H,14-15H2,1H3,(H,24,25,27). The molecule has 1 N–H and O–H groups in total. The molecule has 1 aromatic heterocycles. The van der Waals surface area contributed by atoms with Crippen LogP contribution in [0.4, 0.5) is 5.82 Å². The van der Waals surface area contributed by atoms with Gasteiger partial charge in [0.15, 0.2) is 0 Å². The number of amides is 2. The van der Waals surface area contributed by atoms with Crippen LogP contribution >= 0.6 is 11.8 Å². The largest absolute Gasteiger partial charge is 0.497 e. The maximum Gasteiger partial charge on any atom is 0.255 e. The highest BCUT2D eigenvalue weighted by Crippen LogP contribution is 2.42. The zero-order valence-electron chi connectivity index (χ0n) is 16.4. The Balaban J connectivity index is 1.49. The lowest BCUT2D eigenvalue weighted by Crippen LogP contribution is -2.27. The van der Waals surface area contributed by atoms with Crippen LogP contribution in [0, 0.1) is 0 Å². The second kappa shape index (κ2) is 9.00. The highest BCUT2D eigenvalue weighted by molar-refractivity contribution is 8.00. The molecule has 0 saturated heterocycles. The predicted molar refractivity (Wildman–Crippen MR) is 117 cm³/mol. The van der Waals surface area contributed by atoms with E-state index >= 15 is 0 Å². The summed E-state index contributed by atoms with van der Waals surface area (Å²) in [5.74, 6) is 1.32. The topological polar surface area (TPSA) is 71.5 Å². The number of hydrogen-bond donors (Lipinski definition) is 1. The van der Waals surface area contributed by atoms with Crippen LogP contribution in [-0.2, 0) is 11.3 Å². The molecule has 7 heteroatoms. The lowest BCUT2D eigenvalue weighted by molar-refractivity contribution is -0.113. The molecule has 2 amide bonds. The summed E-state index contributed by atoms with van der Waals surface area (Å²) in [5.41, 5.74) is 2.63. The Morgan fingerprint density at radius 3 is 2.60 bits per heavy atom. The van der Waals surface area contributed by atoms with E-state index in [1.54, 1.807) is 25.4 Å². The summed E-state index contributed by atoms with van der Waals surface area (Å²) in [4.78, 5) is 31.4. The van der Waals surface area contributed by atoms with Gasteiger partial charge >= 0.3 is 0 Å². The summed E-state index contributed by atoms with van der Waals surface area (Å²) in [6.07, 6.45) is 1.63. The van der Waals surface area contributed by atoms with E-state index in [4.69, 9.17) is 4.74 Å². The van der Waals surface area contributed by atoms with Crippen molar-refractivity contribution < 1.29 is 14.3 Å². The Morgan fingerprint density at radius 2 is 1.87 bits per heavy atom. The van der Waals surface area contributed by atoms with Crippen molar-refractivity contribution in [3.63, 3.8) is 0 Å². The van der Waals surface area contributed by atoms with E-state index in [0.29, 0.717) is 17.9 Å². The van der Waals surface area contributed by atoms with Crippen molar-refractivity contribution in [3.05, 3.63) is 89.6 Å². The van der Waals surface area contributed by atoms with Crippen LogP contribution in [0.3, 0.4) is 0 Å². The Hall–Kier alpha value is -3.32. The van der Waals surface area contributed by atoms with Crippen LogP contribution in [-0.4, -0.2) is 34.6 Å². The van der Waals surface area contributed by atoms with Crippen molar-refractivity contribution in [2.45, 2.75) is 11.9 Å². The quantitative estimate of drug-likeness (QED) is 0.624. The highest BCUT2D eigenvalue weighted by atomic mass is 32.2. The molecule has 2 aromatic carbocycles. The van der Waals surface area contributed by atoms with Gasteiger partial charge in [-0.1, -0.05) is 36.4 Å². The molecule has 152 valence electrons. The van der Waals surface area contributed by atoms with Gasteiger partial charge in [0.2, 0.25) is 5.91 Å². The number of nitrogens with zero attached hydrogens (tertiary/aromatic N) is 2. The molecule has 4 rings (SSSR count). The zero-order chi connectivity index (χ0) is 20.9. The molecule has 0 radical (unpaired) electrons. The fourth-order valence-corrected chi connectivity index (χ4v) is 4.49. The zero-order valence-corrected chi connectivity index (χ0v) is 17.3. The maximum atomic E-state index is 13.0. The summed E-state index contributed by atoms with van der Waals surface area (Å²) in [6, 6.07) is 20.6. The maximum absolute atomic E-state index is 13.0. The van der Waals surface area contributed by atoms with Crippen molar-refractivity contribution in [2.24, 2.45) is 0 Å². The van der Waals surface area contributed by atoms with Crippen LogP contribution in [0.2, 0.25) is 0 Å². The number of carbonyl (C=O) groups excluding carboxylic acids is 2. The number of rotatable bonds is 7. The van der Waals surface area contributed by atoms with E-state index in [1.807, 2.05) is 59.5 Å². The van der Waals surface area contributed by atoms with Crippen LogP contribution < -0.4 is 10.1 Å². The van der Waals surface area contributed by atoms with Gasteiger partial charge in [-0.2, -0.15) is 0 Å². The molecule has 30 heavy (non-hydrogen) atoms. The number of carbonyl (C=O) groups is 2. The van der Waals surface area contributed by atoms with E-state index in [0.717, 1.165) is 16.9 Å². The van der Waals surface area contributed by atoms with Gasteiger partial charge in [0, 0.05) is 18.3 Å². The number of ether oxygens (including phenoxy) is 1. The van der Waals surface area contributed by atoms with Crippen molar-refractivity contribution in [1.29, 1.82) is 0 Å². The van der Waals surface area contributed by atoms with Gasteiger partial charge in [0.05, 0.1) is 12.9 Å². The molecule has 3 aromatic rings. The van der Waals surface area contributed by atoms with Gasteiger partial charge in [-0.05, 0) is 41.5 Å². The lowest BCUT2D eigenvalue weighted by atomic mass is 10.1. The molecule has 1 aliphatic rings. The molecule has 1 aliphatic heterocycles. The number of aromatic nitrogens is 1. The summed E-state index contributed by atoms with van der Waals surface area (Å²) in [5, 5.41) is 2.56. The summed E-state index contributed by atoms with van der Waals surface area (Å²) >= 11 is 1.43. The van der Waals surface area contributed by atoms with Gasteiger partial charge in [-0.3, -0.25) is 9.59 Å². The molecule has 0 fully saturated rings. The molecule has 1 unspecified atom stereocenters. The number of anilines is 1. The van der Waals surface area contributed by atoms with E-state index in [2.05, 4.69) is 10.3 Å². The van der Waals surface area contributed by atoms with Gasteiger partial charge < -0.3 is 15.0 Å². The molecular weight excluding hydrogens is 398 g/mol. The highest BCUT2D eigenvalue weighted by Gasteiger charge is 2.37. The fourth-order valence-electron chi connectivity index (χ4n) is 3.37. The molecular formula is C23H21N3O3S. The smallest absolute Gasteiger partial charge is 0.255 e. The van der Waals surface area contributed by atoms with Crippen molar-refractivity contribution >= 4 is 29.4 Å².